The maximum atomic E-state index is 12.7. The molecule has 7 heteroatoms. The molecule has 2 amide bonds. The van der Waals surface area contributed by atoms with Crippen LogP contribution in [0.1, 0.15) is 22.3 Å². The molecule has 2 heterocycles. The molecule has 1 aliphatic heterocycles. The van der Waals surface area contributed by atoms with Crippen LogP contribution in [-0.4, -0.2) is 52.8 Å². The topological polar surface area (TPSA) is 86.6 Å². The van der Waals surface area contributed by atoms with E-state index < -0.39 is 5.76 Å². The van der Waals surface area contributed by atoms with E-state index >= 15 is 0 Å². The summed E-state index contributed by atoms with van der Waals surface area (Å²) in [6.45, 7) is 2.04. The van der Waals surface area contributed by atoms with Crippen LogP contribution in [0, 0.1) is 0 Å². The van der Waals surface area contributed by atoms with Crippen molar-refractivity contribution in [1.29, 1.82) is 0 Å². The van der Waals surface area contributed by atoms with Crippen molar-refractivity contribution in [3.63, 3.8) is 0 Å². The number of carbonyl (C=O) groups excluding carboxylic acids is 2. The van der Waals surface area contributed by atoms with Crippen molar-refractivity contribution < 1.29 is 14.0 Å². The van der Waals surface area contributed by atoms with Gasteiger partial charge in [0.05, 0.1) is 5.52 Å². The van der Waals surface area contributed by atoms with Crippen LogP contribution in [0.15, 0.2) is 57.7 Å². The zero-order chi connectivity index (χ0) is 19.5. The molecule has 0 spiro atoms. The van der Waals surface area contributed by atoms with Crippen molar-refractivity contribution in [2.75, 3.05) is 26.2 Å². The van der Waals surface area contributed by atoms with E-state index in [0.29, 0.717) is 49.3 Å². The molecule has 1 N–H and O–H groups in total. The Hall–Kier alpha value is -3.35. The number of aromatic nitrogens is 1. The number of benzene rings is 2. The summed E-state index contributed by atoms with van der Waals surface area (Å²) in [6, 6.07) is 14.9. The van der Waals surface area contributed by atoms with Gasteiger partial charge in [0.2, 0.25) is 5.91 Å². The third kappa shape index (κ3) is 3.83. The number of fused-ring (bicyclic) bond motifs is 1. The first-order chi connectivity index (χ1) is 13.6. The van der Waals surface area contributed by atoms with Gasteiger partial charge in [0.25, 0.3) is 5.91 Å². The number of rotatable bonds is 4. The third-order valence-electron chi connectivity index (χ3n) is 5.06. The maximum absolute atomic E-state index is 12.7. The molecular formula is C21H21N3O4. The molecule has 4 rings (SSSR count). The second kappa shape index (κ2) is 7.72. The summed E-state index contributed by atoms with van der Waals surface area (Å²) >= 11 is 0. The van der Waals surface area contributed by atoms with Crippen LogP contribution in [0.3, 0.4) is 0 Å². The molecule has 3 aromatic rings. The number of nitrogens with zero attached hydrogens (tertiary/aromatic N) is 2. The smallest absolute Gasteiger partial charge is 0.408 e. The number of hydrogen-bond acceptors (Lipinski definition) is 4. The highest BCUT2D eigenvalue weighted by Crippen LogP contribution is 2.16. The number of oxazole rings is 1. The summed E-state index contributed by atoms with van der Waals surface area (Å²) in [4.78, 5) is 42.5. The summed E-state index contributed by atoms with van der Waals surface area (Å²) in [5.41, 5.74) is 2.55. The fourth-order valence-corrected chi connectivity index (χ4v) is 3.47. The van der Waals surface area contributed by atoms with Gasteiger partial charge in [0, 0.05) is 38.2 Å². The quantitative estimate of drug-likeness (QED) is 0.752. The lowest BCUT2D eigenvalue weighted by Gasteiger charge is -2.35. The molecule has 0 aliphatic carbocycles. The minimum atomic E-state index is -0.540. The lowest BCUT2D eigenvalue weighted by atomic mass is 10.1. The van der Waals surface area contributed by atoms with Crippen molar-refractivity contribution in [3.8, 4) is 0 Å². The lowest BCUT2D eigenvalue weighted by molar-refractivity contribution is -0.132. The lowest BCUT2D eigenvalue weighted by Crippen LogP contribution is -2.50. The third-order valence-corrected chi connectivity index (χ3v) is 5.06. The maximum Gasteiger partial charge on any atom is 0.417 e. The number of aryl methyl sites for hydroxylation is 1. The Morgan fingerprint density at radius 2 is 1.68 bits per heavy atom. The molecule has 7 nitrogen and oxygen atoms in total. The van der Waals surface area contributed by atoms with Crippen molar-refractivity contribution >= 4 is 22.9 Å². The van der Waals surface area contributed by atoms with Gasteiger partial charge in [-0.3, -0.25) is 14.6 Å². The van der Waals surface area contributed by atoms with Crippen LogP contribution in [0.5, 0.6) is 0 Å². The highest BCUT2D eigenvalue weighted by atomic mass is 16.4. The Morgan fingerprint density at radius 3 is 2.43 bits per heavy atom. The van der Waals surface area contributed by atoms with E-state index in [1.165, 1.54) is 0 Å². The first kappa shape index (κ1) is 18.0. The predicted molar refractivity (Wildman–Crippen MR) is 104 cm³/mol. The number of aromatic amines is 1. The van der Waals surface area contributed by atoms with Crippen LogP contribution < -0.4 is 5.76 Å². The Labute approximate surface area is 161 Å². The molecule has 1 aliphatic rings. The minimum Gasteiger partial charge on any atom is -0.408 e. The first-order valence-electron chi connectivity index (χ1n) is 9.34. The molecule has 0 unspecified atom stereocenters. The number of piperazine rings is 1. The number of hydrogen-bond donors (Lipinski definition) is 1. The van der Waals surface area contributed by atoms with Crippen LogP contribution in [0.4, 0.5) is 0 Å². The minimum absolute atomic E-state index is 0.117. The average molecular weight is 379 g/mol. The Morgan fingerprint density at radius 1 is 0.964 bits per heavy atom. The van der Waals surface area contributed by atoms with Crippen molar-refractivity contribution in [3.05, 3.63) is 70.2 Å². The molecule has 0 saturated carbocycles. The average Bonchev–Trinajstić information content (AvgIpc) is 3.11. The molecule has 1 aromatic heterocycles. The zero-order valence-corrected chi connectivity index (χ0v) is 15.4. The number of nitrogens with one attached hydrogen (secondary N) is 1. The van der Waals surface area contributed by atoms with E-state index in [-0.39, 0.29) is 11.8 Å². The SMILES string of the molecule is O=C(CCc1ccccc1)N1CCN(C(=O)c2ccc3[nH]c(=O)oc3c2)CC1. The van der Waals surface area contributed by atoms with Gasteiger partial charge in [-0.1, -0.05) is 30.3 Å². The molecule has 0 atom stereocenters. The zero-order valence-electron chi connectivity index (χ0n) is 15.4. The Balaban J connectivity index is 1.33. The van der Waals surface area contributed by atoms with Gasteiger partial charge in [0.1, 0.15) is 0 Å². The van der Waals surface area contributed by atoms with Crippen molar-refractivity contribution in [2.45, 2.75) is 12.8 Å². The predicted octanol–water partition coefficient (Wildman–Crippen LogP) is 2.04. The van der Waals surface area contributed by atoms with E-state index in [4.69, 9.17) is 4.42 Å². The second-order valence-corrected chi connectivity index (χ2v) is 6.88. The molecule has 144 valence electrons. The summed E-state index contributed by atoms with van der Waals surface area (Å²) in [6.07, 6.45) is 1.20. The Bertz CT molecular complexity index is 1050. The molecule has 2 aromatic carbocycles. The largest absolute Gasteiger partial charge is 0.417 e. The van der Waals surface area contributed by atoms with Gasteiger partial charge in [-0.25, -0.2) is 4.79 Å². The van der Waals surface area contributed by atoms with Gasteiger partial charge in [-0.2, -0.15) is 0 Å². The van der Waals surface area contributed by atoms with Crippen LogP contribution >= 0.6 is 0 Å². The van der Waals surface area contributed by atoms with Crippen LogP contribution in [0.2, 0.25) is 0 Å². The van der Waals surface area contributed by atoms with Gasteiger partial charge in [0.15, 0.2) is 5.58 Å². The number of H-pyrrole nitrogens is 1. The monoisotopic (exact) mass is 379 g/mol. The van der Waals surface area contributed by atoms with Gasteiger partial charge >= 0.3 is 5.76 Å². The number of amides is 2. The molecule has 1 fully saturated rings. The number of carbonyl (C=O) groups is 2. The van der Waals surface area contributed by atoms with Crippen molar-refractivity contribution in [1.82, 2.24) is 14.8 Å². The van der Waals surface area contributed by atoms with Gasteiger partial charge < -0.3 is 14.2 Å². The molecule has 0 radical (unpaired) electrons. The fourth-order valence-electron chi connectivity index (χ4n) is 3.47. The van der Waals surface area contributed by atoms with Gasteiger partial charge in [-0.05, 0) is 30.2 Å². The van der Waals surface area contributed by atoms with E-state index in [9.17, 15) is 14.4 Å². The normalized spacial score (nSPS) is 14.4. The van der Waals surface area contributed by atoms with Crippen LogP contribution in [0.25, 0.3) is 11.1 Å². The van der Waals surface area contributed by atoms with E-state index in [2.05, 4.69) is 4.98 Å². The second-order valence-electron chi connectivity index (χ2n) is 6.88. The summed E-state index contributed by atoms with van der Waals surface area (Å²) in [5, 5.41) is 0. The fraction of sp³-hybridized carbons (Fsp3) is 0.286. The van der Waals surface area contributed by atoms with Gasteiger partial charge in [-0.15, -0.1) is 0 Å². The summed E-state index contributed by atoms with van der Waals surface area (Å²) in [5.74, 6) is -0.546. The molecular weight excluding hydrogens is 358 g/mol. The van der Waals surface area contributed by atoms with E-state index in [0.717, 1.165) is 12.0 Å². The van der Waals surface area contributed by atoms with E-state index in [1.807, 2.05) is 35.2 Å². The first-order valence-corrected chi connectivity index (χ1v) is 9.34. The standard InChI is InChI=1S/C21H21N3O4/c25-19(9-6-15-4-2-1-3-5-15)23-10-12-24(13-11-23)20(26)16-7-8-17-18(14-16)28-21(27)22-17/h1-5,7-8,14H,6,9-13H2,(H,22,27). The Kier molecular flexibility index (Phi) is 4.97. The highest BCUT2D eigenvalue weighted by molar-refractivity contribution is 5.97. The molecule has 1 saturated heterocycles. The summed E-state index contributed by atoms with van der Waals surface area (Å²) < 4.78 is 5.02. The van der Waals surface area contributed by atoms with Crippen LogP contribution in [-0.2, 0) is 11.2 Å². The molecule has 0 bridgehead atoms. The highest BCUT2D eigenvalue weighted by Gasteiger charge is 2.25. The summed E-state index contributed by atoms with van der Waals surface area (Å²) in [7, 11) is 0. The van der Waals surface area contributed by atoms with E-state index in [1.54, 1.807) is 23.1 Å². The van der Waals surface area contributed by atoms with Crippen molar-refractivity contribution in [2.24, 2.45) is 0 Å². The molecule has 28 heavy (non-hydrogen) atoms.